The first-order valence-electron chi connectivity index (χ1n) is 10.1. The van der Waals surface area contributed by atoms with Crippen LogP contribution in [0, 0.1) is 5.82 Å². The van der Waals surface area contributed by atoms with Crippen LogP contribution >= 0.6 is 11.6 Å². The van der Waals surface area contributed by atoms with E-state index in [1.54, 1.807) is 29.1 Å². The molecule has 0 unspecified atom stereocenters. The standard InChI is InChI=1S/C22H18ClFN8O/c1-31-8-9-32(22(31)33)15-5-2-13(3-6-15)29-21-25-11-18-19(30-21)20(27-12-26-18)28-14-4-7-17(24)16(23)10-14/h2-7,10-12H,8-9H2,1H3,(H,25,29,30)(H,26,27,28). The fourth-order valence-corrected chi connectivity index (χ4v) is 3.64. The molecular weight excluding hydrogens is 447 g/mol. The SMILES string of the molecule is CN1CCN(c2ccc(Nc3ncc4ncnc(Nc5ccc(F)c(Cl)c5)c4n3)cc2)C1=O. The van der Waals surface area contributed by atoms with Crippen molar-refractivity contribution in [2.24, 2.45) is 0 Å². The van der Waals surface area contributed by atoms with Crippen LogP contribution < -0.4 is 15.5 Å². The van der Waals surface area contributed by atoms with Crippen LogP contribution in [0.5, 0.6) is 0 Å². The van der Waals surface area contributed by atoms with E-state index < -0.39 is 5.82 Å². The van der Waals surface area contributed by atoms with Gasteiger partial charge in [0.25, 0.3) is 0 Å². The molecule has 0 atom stereocenters. The number of aromatic nitrogens is 4. The Bertz CT molecular complexity index is 1350. The molecule has 5 rings (SSSR count). The Morgan fingerprint density at radius 1 is 1.00 bits per heavy atom. The zero-order chi connectivity index (χ0) is 22.9. The first-order valence-corrected chi connectivity index (χ1v) is 10.5. The maximum Gasteiger partial charge on any atom is 0.324 e. The Hall–Kier alpha value is -4.05. The highest BCUT2D eigenvalue weighted by Crippen LogP contribution is 2.27. The molecule has 2 N–H and O–H groups in total. The normalized spacial score (nSPS) is 13.6. The minimum absolute atomic E-state index is 0.000987. The van der Waals surface area contributed by atoms with Gasteiger partial charge >= 0.3 is 6.03 Å². The summed E-state index contributed by atoms with van der Waals surface area (Å²) >= 11 is 5.87. The molecule has 9 nitrogen and oxygen atoms in total. The number of benzene rings is 2. The number of carbonyl (C=O) groups is 1. The summed E-state index contributed by atoms with van der Waals surface area (Å²) in [6.07, 6.45) is 2.98. The first-order chi connectivity index (χ1) is 16.0. The van der Waals surface area contributed by atoms with Gasteiger partial charge in [-0.05, 0) is 42.5 Å². The third-order valence-electron chi connectivity index (χ3n) is 5.21. The van der Waals surface area contributed by atoms with E-state index in [4.69, 9.17) is 11.6 Å². The number of halogens is 2. The lowest BCUT2D eigenvalue weighted by Crippen LogP contribution is -2.29. The van der Waals surface area contributed by atoms with Gasteiger partial charge in [-0.2, -0.15) is 0 Å². The molecule has 4 aromatic rings. The van der Waals surface area contributed by atoms with E-state index in [-0.39, 0.29) is 11.1 Å². The van der Waals surface area contributed by atoms with Gasteiger partial charge in [0.05, 0.1) is 11.2 Å². The summed E-state index contributed by atoms with van der Waals surface area (Å²) in [6, 6.07) is 11.7. The quantitative estimate of drug-likeness (QED) is 0.446. The zero-order valence-corrected chi connectivity index (χ0v) is 18.2. The van der Waals surface area contributed by atoms with Crippen LogP contribution in [0.25, 0.3) is 11.0 Å². The molecule has 1 fully saturated rings. The van der Waals surface area contributed by atoms with Crippen molar-refractivity contribution in [3.8, 4) is 0 Å². The topological polar surface area (TPSA) is 99.2 Å². The zero-order valence-electron chi connectivity index (χ0n) is 17.5. The number of nitrogens with zero attached hydrogens (tertiary/aromatic N) is 6. The molecule has 33 heavy (non-hydrogen) atoms. The summed E-state index contributed by atoms with van der Waals surface area (Å²) in [4.78, 5) is 32.9. The van der Waals surface area contributed by atoms with Crippen molar-refractivity contribution < 1.29 is 9.18 Å². The van der Waals surface area contributed by atoms with Crippen LogP contribution in [-0.2, 0) is 0 Å². The molecular formula is C22H18ClFN8O. The molecule has 1 aliphatic heterocycles. The number of hydrogen-bond acceptors (Lipinski definition) is 7. The Morgan fingerprint density at radius 3 is 2.52 bits per heavy atom. The number of hydrogen-bond donors (Lipinski definition) is 2. The predicted octanol–water partition coefficient (Wildman–Crippen LogP) is 4.57. The first kappa shape index (κ1) is 20.8. The van der Waals surface area contributed by atoms with Crippen molar-refractivity contribution >= 4 is 57.5 Å². The Morgan fingerprint density at radius 2 is 1.79 bits per heavy atom. The Balaban J connectivity index is 1.38. The molecule has 3 heterocycles. The number of anilines is 5. The fourth-order valence-electron chi connectivity index (χ4n) is 3.46. The lowest BCUT2D eigenvalue weighted by Gasteiger charge is -2.16. The predicted molar refractivity (Wildman–Crippen MR) is 125 cm³/mol. The van der Waals surface area contributed by atoms with Crippen molar-refractivity contribution in [1.82, 2.24) is 24.8 Å². The van der Waals surface area contributed by atoms with E-state index in [0.717, 1.165) is 11.4 Å². The van der Waals surface area contributed by atoms with Gasteiger partial charge in [0.1, 0.15) is 23.2 Å². The van der Waals surface area contributed by atoms with Crippen LogP contribution in [0.2, 0.25) is 5.02 Å². The maximum atomic E-state index is 13.5. The number of rotatable bonds is 5. The molecule has 2 aromatic carbocycles. The molecule has 0 bridgehead atoms. The largest absolute Gasteiger partial charge is 0.338 e. The van der Waals surface area contributed by atoms with E-state index in [9.17, 15) is 9.18 Å². The van der Waals surface area contributed by atoms with Crippen LogP contribution in [-0.4, -0.2) is 51.0 Å². The minimum Gasteiger partial charge on any atom is -0.338 e. The molecule has 1 saturated heterocycles. The molecule has 1 aliphatic rings. The van der Waals surface area contributed by atoms with Crippen LogP contribution in [0.3, 0.4) is 0 Å². The minimum atomic E-state index is -0.504. The molecule has 0 spiro atoms. The van der Waals surface area contributed by atoms with Gasteiger partial charge in [-0.3, -0.25) is 4.90 Å². The third kappa shape index (κ3) is 4.20. The molecule has 0 radical (unpaired) electrons. The van der Waals surface area contributed by atoms with Crippen molar-refractivity contribution in [3.05, 3.63) is 65.8 Å². The number of fused-ring (bicyclic) bond motifs is 1. The van der Waals surface area contributed by atoms with Crippen LogP contribution in [0.1, 0.15) is 0 Å². The van der Waals surface area contributed by atoms with Crippen molar-refractivity contribution in [2.75, 3.05) is 35.7 Å². The second-order valence-corrected chi connectivity index (χ2v) is 7.84. The van der Waals surface area contributed by atoms with Crippen molar-refractivity contribution in [3.63, 3.8) is 0 Å². The molecule has 2 amide bonds. The van der Waals surface area contributed by atoms with Crippen LogP contribution in [0.15, 0.2) is 55.0 Å². The summed E-state index contributed by atoms with van der Waals surface area (Å²) < 4.78 is 13.5. The highest BCUT2D eigenvalue weighted by atomic mass is 35.5. The maximum absolute atomic E-state index is 13.5. The molecule has 11 heteroatoms. The summed E-state index contributed by atoms with van der Waals surface area (Å²) in [5, 5.41) is 6.24. The van der Waals surface area contributed by atoms with Gasteiger partial charge in [-0.25, -0.2) is 29.1 Å². The smallest absolute Gasteiger partial charge is 0.324 e. The van der Waals surface area contributed by atoms with E-state index >= 15 is 0 Å². The summed E-state index contributed by atoms with van der Waals surface area (Å²) in [5.74, 6) is 0.276. The van der Waals surface area contributed by atoms with Gasteiger partial charge in [-0.15, -0.1) is 0 Å². The number of amides is 2. The van der Waals surface area contributed by atoms with Gasteiger partial charge in [-0.1, -0.05) is 11.6 Å². The number of likely N-dealkylation sites (N-methyl/N-ethyl adjacent to an activating group) is 1. The summed E-state index contributed by atoms with van der Waals surface area (Å²) in [6.45, 7) is 1.36. The van der Waals surface area contributed by atoms with E-state index in [2.05, 4.69) is 30.6 Å². The second kappa shape index (κ2) is 8.47. The van der Waals surface area contributed by atoms with Crippen molar-refractivity contribution in [1.29, 1.82) is 0 Å². The summed E-state index contributed by atoms with van der Waals surface area (Å²) in [5.41, 5.74) is 3.17. The van der Waals surface area contributed by atoms with E-state index in [0.29, 0.717) is 41.6 Å². The molecule has 2 aromatic heterocycles. The third-order valence-corrected chi connectivity index (χ3v) is 5.50. The van der Waals surface area contributed by atoms with Gasteiger partial charge in [0, 0.05) is 37.2 Å². The van der Waals surface area contributed by atoms with E-state index in [1.165, 1.54) is 18.5 Å². The highest BCUT2D eigenvalue weighted by Gasteiger charge is 2.26. The number of nitrogens with one attached hydrogen (secondary N) is 2. The summed E-state index contributed by atoms with van der Waals surface area (Å²) in [7, 11) is 1.78. The van der Waals surface area contributed by atoms with Gasteiger partial charge in [0.15, 0.2) is 5.82 Å². The molecule has 166 valence electrons. The number of urea groups is 1. The van der Waals surface area contributed by atoms with Gasteiger partial charge in [0.2, 0.25) is 5.95 Å². The highest BCUT2D eigenvalue weighted by molar-refractivity contribution is 6.31. The molecule has 0 saturated carbocycles. The lowest BCUT2D eigenvalue weighted by molar-refractivity contribution is 0.229. The number of carbonyl (C=O) groups excluding carboxylic acids is 1. The van der Waals surface area contributed by atoms with Crippen molar-refractivity contribution in [2.45, 2.75) is 0 Å². The van der Waals surface area contributed by atoms with Crippen LogP contribution in [0.4, 0.5) is 38.0 Å². The Kier molecular flexibility index (Phi) is 5.35. The van der Waals surface area contributed by atoms with E-state index in [1.807, 2.05) is 24.3 Å². The monoisotopic (exact) mass is 464 g/mol. The molecule has 0 aliphatic carbocycles. The lowest BCUT2D eigenvalue weighted by atomic mass is 10.2. The fraction of sp³-hybridized carbons (Fsp3) is 0.136. The van der Waals surface area contributed by atoms with Gasteiger partial charge < -0.3 is 15.5 Å². The Labute approximate surface area is 193 Å². The second-order valence-electron chi connectivity index (χ2n) is 7.43. The average molecular weight is 465 g/mol. The average Bonchev–Trinajstić information content (AvgIpc) is 3.15.